The Morgan fingerprint density at radius 1 is 1.30 bits per heavy atom. The summed E-state index contributed by atoms with van der Waals surface area (Å²) in [4.78, 5) is 0.344. The second-order valence-corrected chi connectivity index (χ2v) is 7.45. The average Bonchev–Trinajstić information content (AvgIpc) is 2.94. The summed E-state index contributed by atoms with van der Waals surface area (Å²) in [5.41, 5.74) is 7.75. The maximum Gasteiger partial charge on any atom is 0.243 e. The van der Waals surface area contributed by atoms with Crippen molar-refractivity contribution in [3.05, 3.63) is 23.3 Å². The van der Waals surface area contributed by atoms with Crippen LogP contribution in [-0.2, 0) is 10.0 Å². The first kappa shape index (κ1) is 13.9. The topological polar surface area (TPSA) is 72.6 Å². The summed E-state index contributed by atoms with van der Waals surface area (Å²) >= 11 is 0. The Labute approximate surface area is 119 Å². The van der Waals surface area contributed by atoms with Crippen LogP contribution in [0.25, 0.3) is 0 Å². The summed E-state index contributed by atoms with van der Waals surface area (Å²) in [7, 11) is -3.40. The van der Waals surface area contributed by atoms with E-state index in [0.717, 1.165) is 36.1 Å². The third-order valence-electron chi connectivity index (χ3n) is 4.05. The van der Waals surface area contributed by atoms with Gasteiger partial charge >= 0.3 is 0 Å². The second kappa shape index (κ2) is 5.02. The highest BCUT2D eigenvalue weighted by Crippen LogP contribution is 2.36. The standard InChI is InChI=1S/C14H20N2O3S/c1-10-8-11(20(17,18)16-5-2-3-6-16)9-12-13(15)4-7-19-14(10)12/h8-9,13H,2-7,15H2,1H3. The summed E-state index contributed by atoms with van der Waals surface area (Å²) in [6, 6.07) is 3.25. The van der Waals surface area contributed by atoms with Crippen molar-refractivity contribution in [2.45, 2.75) is 37.1 Å². The number of ether oxygens (including phenoxy) is 1. The molecule has 5 nitrogen and oxygen atoms in total. The molecule has 0 saturated carbocycles. The van der Waals surface area contributed by atoms with Crippen LogP contribution in [0.3, 0.4) is 0 Å². The van der Waals surface area contributed by atoms with Gasteiger partial charge in [-0.2, -0.15) is 4.31 Å². The lowest BCUT2D eigenvalue weighted by Crippen LogP contribution is -2.29. The van der Waals surface area contributed by atoms with E-state index in [4.69, 9.17) is 10.5 Å². The van der Waals surface area contributed by atoms with Crippen LogP contribution in [0.1, 0.15) is 36.4 Å². The van der Waals surface area contributed by atoms with Crippen molar-refractivity contribution in [1.29, 1.82) is 0 Å². The van der Waals surface area contributed by atoms with Gasteiger partial charge in [-0.15, -0.1) is 0 Å². The van der Waals surface area contributed by atoms with Crippen LogP contribution in [0.15, 0.2) is 17.0 Å². The molecule has 2 heterocycles. The van der Waals surface area contributed by atoms with Gasteiger partial charge < -0.3 is 10.5 Å². The van der Waals surface area contributed by atoms with Crippen molar-refractivity contribution in [2.75, 3.05) is 19.7 Å². The number of fused-ring (bicyclic) bond motifs is 1. The van der Waals surface area contributed by atoms with Crippen molar-refractivity contribution in [2.24, 2.45) is 5.73 Å². The largest absolute Gasteiger partial charge is 0.493 e. The number of nitrogens with two attached hydrogens (primary N) is 1. The van der Waals surface area contributed by atoms with E-state index < -0.39 is 10.0 Å². The molecule has 1 atom stereocenters. The van der Waals surface area contributed by atoms with Gasteiger partial charge in [0.15, 0.2) is 0 Å². The molecule has 0 amide bonds. The maximum atomic E-state index is 12.6. The van der Waals surface area contributed by atoms with Gasteiger partial charge in [0.25, 0.3) is 0 Å². The number of hydrogen-bond acceptors (Lipinski definition) is 4. The van der Waals surface area contributed by atoms with E-state index in [9.17, 15) is 8.42 Å². The first-order chi connectivity index (χ1) is 9.50. The number of rotatable bonds is 2. The minimum atomic E-state index is -3.40. The number of benzene rings is 1. The Hall–Kier alpha value is -1.11. The van der Waals surface area contributed by atoms with E-state index in [1.54, 1.807) is 16.4 Å². The van der Waals surface area contributed by atoms with Crippen LogP contribution in [0, 0.1) is 6.92 Å². The Morgan fingerprint density at radius 3 is 2.70 bits per heavy atom. The molecule has 20 heavy (non-hydrogen) atoms. The van der Waals surface area contributed by atoms with E-state index in [1.165, 1.54) is 0 Å². The molecule has 1 saturated heterocycles. The lowest BCUT2D eigenvalue weighted by atomic mass is 9.99. The minimum Gasteiger partial charge on any atom is -0.493 e. The van der Waals surface area contributed by atoms with Gasteiger partial charge in [-0.25, -0.2) is 8.42 Å². The third kappa shape index (κ3) is 2.21. The van der Waals surface area contributed by atoms with E-state index in [1.807, 2.05) is 6.92 Å². The van der Waals surface area contributed by atoms with Gasteiger partial charge in [-0.1, -0.05) is 0 Å². The van der Waals surface area contributed by atoms with Crippen LogP contribution < -0.4 is 10.5 Å². The van der Waals surface area contributed by atoms with Gasteiger partial charge in [-0.05, 0) is 37.5 Å². The highest BCUT2D eigenvalue weighted by molar-refractivity contribution is 7.89. The third-order valence-corrected chi connectivity index (χ3v) is 5.93. The van der Waals surface area contributed by atoms with Crippen molar-refractivity contribution in [3.63, 3.8) is 0 Å². The molecule has 0 radical (unpaired) electrons. The van der Waals surface area contributed by atoms with E-state index in [0.29, 0.717) is 24.6 Å². The normalized spacial score (nSPS) is 23.4. The summed E-state index contributed by atoms with van der Waals surface area (Å²) in [6.07, 6.45) is 2.59. The molecule has 0 aromatic heterocycles. The molecule has 6 heteroatoms. The molecule has 0 spiro atoms. The molecular weight excluding hydrogens is 276 g/mol. The average molecular weight is 296 g/mol. The summed E-state index contributed by atoms with van der Waals surface area (Å²) in [6.45, 7) is 3.69. The molecular formula is C14H20N2O3S. The number of nitrogens with zero attached hydrogens (tertiary/aromatic N) is 1. The van der Waals surface area contributed by atoms with Crippen LogP contribution in [0.4, 0.5) is 0 Å². The van der Waals surface area contributed by atoms with Gasteiger partial charge in [0, 0.05) is 31.1 Å². The predicted octanol–water partition coefficient (Wildman–Crippen LogP) is 1.56. The predicted molar refractivity (Wildman–Crippen MR) is 76.2 cm³/mol. The molecule has 110 valence electrons. The smallest absolute Gasteiger partial charge is 0.243 e. The lowest BCUT2D eigenvalue weighted by molar-refractivity contribution is 0.266. The van der Waals surface area contributed by atoms with Gasteiger partial charge in [0.05, 0.1) is 11.5 Å². The molecule has 1 fully saturated rings. The quantitative estimate of drug-likeness (QED) is 0.899. The van der Waals surface area contributed by atoms with Crippen molar-refractivity contribution >= 4 is 10.0 Å². The summed E-state index contributed by atoms with van der Waals surface area (Å²) in [5.74, 6) is 0.754. The molecule has 1 unspecified atom stereocenters. The number of aryl methyl sites for hydroxylation is 1. The summed E-state index contributed by atoms with van der Waals surface area (Å²) in [5, 5.41) is 0. The zero-order chi connectivity index (χ0) is 14.3. The molecule has 1 aromatic rings. The Kier molecular flexibility index (Phi) is 3.48. The van der Waals surface area contributed by atoms with Crippen LogP contribution >= 0.6 is 0 Å². The van der Waals surface area contributed by atoms with Crippen molar-refractivity contribution in [1.82, 2.24) is 4.31 Å². The van der Waals surface area contributed by atoms with E-state index in [2.05, 4.69) is 0 Å². The SMILES string of the molecule is Cc1cc(S(=O)(=O)N2CCCC2)cc2c1OCCC2N. The molecule has 2 aliphatic heterocycles. The van der Waals surface area contributed by atoms with E-state index >= 15 is 0 Å². The number of sulfonamides is 1. The highest BCUT2D eigenvalue weighted by Gasteiger charge is 2.30. The second-order valence-electron chi connectivity index (χ2n) is 5.51. The molecule has 2 N–H and O–H groups in total. The molecule has 2 aliphatic rings. The zero-order valence-corrected chi connectivity index (χ0v) is 12.4. The van der Waals surface area contributed by atoms with Gasteiger partial charge in [-0.3, -0.25) is 0 Å². The summed E-state index contributed by atoms with van der Waals surface area (Å²) < 4.78 is 32.4. The number of hydrogen-bond donors (Lipinski definition) is 1. The van der Waals surface area contributed by atoms with Crippen molar-refractivity contribution < 1.29 is 13.2 Å². The van der Waals surface area contributed by atoms with Crippen molar-refractivity contribution in [3.8, 4) is 5.75 Å². The Morgan fingerprint density at radius 2 is 2.00 bits per heavy atom. The molecule has 0 aliphatic carbocycles. The van der Waals surface area contributed by atoms with E-state index in [-0.39, 0.29) is 6.04 Å². The molecule has 1 aromatic carbocycles. The van der Waals surface area contributed by atoms with Gasteiger partial charge in [0.1, 0.15) is 5.75 Å². The first-order valence-electron chi connectivity index (χ1n) is 7.03. The molecule has 0 bridgehead atoms. The fourth-order valence-electron chi connectivity index (χ4n) is 2.91. The highest BCUT2D eigenvalue weighted by atomic mass is 32.2. The Bertz CT molecular complexity index is 622. The fraction of sp³-hybridized carbons (Fsp3) is 0.571. The monoisotopic (exact) mass is 296 g/mol. The Balaban J connectivity index is 2.07. The van der Waals surface area contributed by atoms with Gasteiger partial charge in [0.2, 0.25) is 10.0 Å². The maximum absolute atomic E-state index is 12.6. The molecule has 3 rings (SSSR count). The lowest BCUT2D eigenvalue weighted by Gasteiger charge is -2.26. The first-order valence-corrected chi connectivity index (χ1v) is 8.47. The van der Waals surface area contributed by atoms with Crippen LogP contribution in [0.2, 0.25) is 0 Å². The van der Waals surface area contributed by atoms with Crippen LogP contribution in [0.5, 0.6) is 5.75 Å². The van der Waals surface area contributed by atoms with Crippen LogP contribution in [-0.4, -0.2) is 32.4 Å². The zero-order valence-electron chi connectivity index (χ0n) is 11.6. The minimum absolute atomic E-state index is 0.147. The fourth-order valence-corrected chi connectivity index (χ4v) is 4.55.